The van der Waals surface area contributed by atoms with E-state index in [9.17, 15) is 4.79 Å². The van der Waals surface area contributed by atoms with Crippen molar-refractivity contribution >= 4 is 37.8 Å². The fraction of sp³-hybridized carbons (Fsp3) is 0.235. The Labute approximate surface area is 142 Å². The normalized spacial score (nSPS) is 15.0. The van der Waals surface area contributed by atoms with Gasteiger partial charge >= 0.3 is 0 Å². The van der Waals surface area contributed by atoms with Gasteiger partial charge in [-0.05, 0) is 18.1 Å². The third-order valence-corrected chi connectivity index (χ3v) is 6.00. The van der Waals surface area contributed by atoms with Crippen LogP contribution in [-0.2, 0) is 4.79 Å². The van der Waals surface area contributed by atoms with Gasteiger partial charge in [0.1, 0.15) is 4.83 Å². The van der Waals surface area contributed by atoms with Crippen LogP contribution in [0.25, 0.3) is 0 Å². The minimum atomic E-state index is -0.328. The van der Waals surface area contributed by atoms with Gasteiger partial charge in [0.05, 0.1) is 10.9 Å². The molecule has 0 aromatic heterocycles. The number of benzene rings is 2. The van der Waals surface area contributed by atoms with E-state index in [2.05, 4.69) is 37.2 Å². The van der Waals surface area contributed by atoms with E-state index in [1.165, 1.54) is 0 Å². The number of amides is 1. The molecule has 0 spiro atoms. The second-order valence-electron chi connectivity index (χ2n) is 4.86. The van der Waals surface area contributed by atoms with Crippen LogP contribution in [0.5, 0.6) is 0 Å². The van der Waals surface area contributed by atoms with Crippen LogP contribution in [0.1, 0.15) is 28.9 Å². The summed E-state index contributed by atoms with van der Waals surface area (Å²) >= 11 is 7.08. The lowest BCUT2D eigenvalue weighted by Gasteiger charge is -2.20. The molecule has 21 heavy (non-hydrogen) atoms. The molecule has 4 heteroatoms. The molecule has 0 aliphatic heterocycles. The maximum Gasteiger partial charge on any atom is 0.235 e. The minimum absolute atomic E-state index is 0.0192. The molecule has 3 atom stereocenters. The van der Waals surface area contributed by atoms with E-state index < -0.39 is 0 Å². The number of alkyl halides is 2. The van der Waals surface area contributed by atoms with Gasteiger partial charge in [-0.1, -0.05) is 92.5 Å². The summed E-state index contributed by atoms with van der Waals surface area (Å²) in [5.74, 6) is -0.0305. The zero-order chi connectivity index (χ0) is 15.2. The highest BCUT2D eigenvalue weighted by atomic mass is 79.9. The van der Waals surface area contributed by atoms with Gasteiger partial charge in [0.25, 0.3) is 0 Å². The summed E-state index contributed by atoms with van der Waals surface area (Å²) in [6.45, 7) is 1.98. The Kier molecular flexibility index (Phi) is 6.00. The Hall–Kier alpha value is -1.13. The third kappa shape index (κ3) is 4.42. The van der Waals surface area contributed by atoms with Crippen molar-refractivity contribution in [3.63, 3.8) is 0 Å². The Bertz CT molecular complexity index is 574. The van der Waals surface area contributed by atoms with Crippen molar-refractivity contribution < 1.29 is 4.79 Å². The van der Waals surface area contributed by atoms with Gasteiger partial charge in [-0.3, -0.25) is 4.79 Å². The lowest BCUT2D eigenvalue weighted by molar-refractivity contribution is -0.121. The molecule has 0 aliphatic carbocycles. The molecule has 0 bridgehead atoms. The van der Waals surface area contributed by atoms with Gasteiger partial charge in [-0.25, -0.2) is 0 Å². The summed E-state index contributed by atoms with van der Waals surface area (Å²) in [5.41, 5.74) is 2.17. The first-order valence-corrected chi connectivity index (χ1v) is 8.61. The lowest BCUT2D eigenvalue weighted by Crippen LogP contribution is -2.35. The van der Waals surface area contributed by atoms with Crippen LogP contribution in [0.3, 0.4) is 0 Å². The van der Waals surface area contributed by atoms with Crippen LogP contribution in [0, 0.1) is 0 Å². The van der Waals surface area contributed by atoms with E-state index in [0.29, 0.717) is 0 Å². The molecular formula is C17H17Br2NO. The van der Waals surface area contributed by atoms with Crippen molar-refractivity contribution in [3.8, 4) is 0 Å². The van der Waals surface area contributed by atoms with Crippen molar-refractivity contribution in [2.24, 2.45) is 0 Å². The van der Waals surface area contributed by atoms with Crippen molar-refractivity contribution in [1.82, 2.24) is 5.32 Å². The molecule has 0 saturated carbocycles. The highest BCUT2D eigenvalue weighted by Crippen LogP contribution is 2.31. The number of rotatable bonds is 5. The molecule has 0 aliphatic rings. The average molecular weight is 411 g/mol. The van der Waals surface area contributed by atoms with Crippen LogP contribution < -0.4 is 5.32 Å². The predicted octanol–water partition coefficient (Wildman–Crippen LogP) is 4.76. The maximum absolute atomic E-state index is 12.4. The summed E-state index contributed by atoms with van der Waals surface area (Å²) in [7, 11) is 0. The molecule has 2 nitrogen and oxygen atoms in total. The van der Waals surface area contributed by atoms with Gasteiger partial charge in [0, 0.05) is 0 Å². The van der Waals surface area contributed by atoms with E-state index >= 15 is 0 Å². The molecule has 2 aromatic rings. The average Bonchev–Trinajstić information content (AvgIpc) is 2.55. The fourth-order valence-corrected chi connectivity index (χ4v) is 3.04. The summed E-state index contributed by atoms with van der Waals surface area (Å²) in [6, 6.07) is 19.8. The molecule has 2 rings (SSSR count). The molecular weight excluding hydrogens is 394 g/mol. The van der Waals surface area contributed by atoms with Crippen molar-refractivity contribution in [2.75, 3.05) is 0 Å². The first-order chi connectivity index (χ1) is 10.1. The minimum Gasteiger partial charge on any atom is -0.349 e. The highest BCUT2D eigenvalue weighted by Gasteiger charge is 2.25. The SMILES string of the molecule is C[C@H](NC(=O)[C@@H](Br)[C@H](Br)c1ccccc1)c1ccccc1. The van der Waals surface area contributed by atoms with Gasteiger partial charge < -0.3 is 5.32 Å². The largest absolute Gasteiger partial charge is 0.349 e. The summed E-state index contributed by atoms with van der Waals surface area (Å²) in [6.07, 6.45) is 0. The topological polar surface area (TPSA) is 29.1 Å². The van der Waals surface area contributed by atoms with E-state index in [1.54, 1.807) is 0 Å². The van der Waals surface area contributed by atoms with E-state index in [4.69, 9.17) is 0 Å². The standard InChI is InChI=1S/C17H17Br2NO/c1-12(13-8-4-2-5-9-13)20-17(21)16(19)15(18)14-10-6-3-7-11-14/h2-12,15-16H,1H3,(H,20,21)/t12-,15+,16-/m0/s1. The van der Waals surface area contributed by atoms with Crippen molar-refractivity contribution in [2.45, 2.75) is 22.6 Å². The number of nitrogens with one attached hydrogen (secondary N) is 1. The monoisotopic (exact) mass is 409 g/mol. The predicted molar refractivity (Wildman–Crippen MR) is 93.8 cm³/mol. The lowest BCUT2D eigenvalue weighted by atomic mass is 10.1. The molecule has 110 valence electrons. The van der Waals surface area contributed by atoms with Crippen LogP contribution in [0.15, 0.2) is 60.7 Å². The zero-order valence-electron chi connectivity index (χ0n) is 11.7. The Morgan fingerprint density at radius 1 is 0.905 bits per heavy atom. The van der Waals surface area contributed by atoms with Crippen LogP contribution in [-0.4, -0.2) is 10.7 Å². The molecule has 0 fully saturated rings. The van der Waals surface area contributed by atoms with E-state index in [0.717, 1.165) is 11.1 Å². The number of carbonyl (C=O) groups is 1. The summed E-state index contributed by atoms with van der Waals surface area (Å²) in [5, 5.41) is 3.03. The van der Waals surface area contributed by atoms with Gasteiger partial charge in [0.15, 0.2) is 0 Å². The molecule has 0 heterocycles. The summed E-state index contributed by atoms with van der Waals surface area (Å²) < 4.78 is 0. The number of hydrogen-bond donors (Lipinski definition) is 1. The smallest absolute Gasteiger partial charge is 0.235 e. The highest BCUT2D eigenvalue weighted by molar-refractivity contribution is 9.12. The number of hydrogen-bond acceptors (Lipinski definition) is 1. The summed E-state index contributed by atoms with van der Waals surface area (Å²) in [4.78, 5) is 12.0. The maximum atomic E-state index is 12.4. The van der Waals surface area contributed by atoms with E-state index in [1.807, 2.05) is 67.6 Å². The molecule has 1 N–H and O–H groups in total. The van der Waals surface area contributed by atoms with Crippen molar-refractivity contribution in [3.05, 3.63) is 71.8 Å². The Morgan fingerprint density at radius 3 is 1.90 bits per heavy atom. The van der Waals surface area contributed by atoms with Gasteiger partial charge in [-0.2, -0.15) is 0 Å². The molecule has 0 saturated heterocycles. The molecule has 0 radical (unpaired) electrons. The first-order valence-electron chi connectivity index (χ1n) is 6.78. The van der Waals surface area contributed by atoms with Gasteiger partial charge in [0.2, 0.25) is 5.91 Å². The zero-order valence-corrected chi connectivity index (χ0v) is 14.8. The molecule has 0 unspecified atom stereocenters. The number of halogens is 2. The first kappa shape index (κ1) is 16.2. The third-order valence-electron chi connectivity index (χ3n) is 3.28. The van der Waals surface area contributed by atoms with Crippen molar-refractivity contribution in [1.29, 1.82) is 0 Å². The van der Waals surface area contributed by atoms with Crippen LogP contribution >= 0.6 is 31.9 Å². The fourth-order valence-electron chi connectivity index (χ4n) is 2.06. The Balaban J connectivity index is 2.00. The molecule has 2 aromatic carbocycles. The van der Waals surface area contributed by atoms with E-state index in [-0.39, 0.29) is 21.6 Å². The number of carbonyl (C=O) groups excluding carboxylic acids is 1. The quantitative estimate of drug-likeness (QED) is 0.707. The second kappa shape index (κ2) is 7.76. The van der Waals surface area contributed by atoms with Crippen LogP contribution in [0.2, 0.25) is 0 Å². The second-order valence-corrected chi connectivity index (χ2v) is 6.83. The molecule has 1 amide bonds. The Morgan fingerprint density at radius 2 is 1.38 bits per heavy atom. The van der Waals surface area contributed by atoms with Gasteiger partial charge in [-0.15, -0.1) is 0 Å². The van der Waals surface area contributed by atoms with Crippen LogP contribution in [0.4, 0.5) is 0 Å².